The van der Waals surface area contributed by atoms with Gasteiger partial charge in [-0.3, -0.25) is 5.32 Å². The van der Waals surface area contributed by atoms with Crippen LogP contribution in [0.5, 0.6) is 0 Å². The van der Waals surface area contributed by atoms with Crippen LogP contribution in [0.15, 0.2) is 34.9 Å². The van der Waals surface area contributed by atoms with Crippen molar-refractivity contribution in [3.05, 3.63) is 57.7 Å². The molecule has 1 aromatic carbocycles. The lowest BCUT2D eigenvalue weighted by Crippen LogP contribution is -2.27. The Morgan fingerprint density at radius 2 is 2.10 bits per heavy atom. The molecule has 0 spiro atoms. The summed E-state index contributed by atoms with van der Waals surface area (Å²) >= 11 is 11.7. The van der Waals surface area contributed by atoms with Gasteiger partial charge in [-0.1, -0.05) is 23.2 Å². The molecule has 2 atom stereocenters. The number of halogens is 3. The lowest BCUT2D eigenvalue weighted by molar-refractivity contribution is 0.217. The molecule has 6 heteroatoms. The van der Waals surface area contributed by atoms with Gasteiger partial charge < -0.3 is 9.52 Å². The third-order valence-corrected chi connectivity index (χ3v) is 3.64. The first kappa shape index (κ1) is 15.3. The van der Waals surface area contributed by atoms with Gasteiger partial charge >= 0.3 is 0 Å². The summed E-state index contributed by atoms with van der Waals surface area (Å²) in [6, 6.07) is 5.47. The number of furan rings is 1. The highest BCUT2D eigenvalue weighted by Crippen LogP contribution is 2.30. The molecule has 0 aliphatic rings. The summed E-state index contributed by atoms with van der Waals surface area (Å²) in [5, 5.41) is 12.9. The molecule has 0 aliphatic carbocycles. The summed E-state index contributed by atoms with van der Waals surface area (Å²) in [5.74, 6) is 0.0724. The van der Waals surface area contributed by atoms with Gasteiger partial charge in [0, 0.05) is 11.1 Å². The van der Waals surface area contributed by atoms with Crippen molar-refractivity contribution in [2.75, 3.05) is 6.61 Å². The van der Waals surface area contributed by atoms with Gasteiger partial charge in [0.25, 0.3) is 0 Å². The van der Waals surface area contributed by atoms with E-state index in [0.29, 0.717) is 16.3 Å². The maximum absolute atomic E-state index is 13.5. The number of hydrogen-bond acceptors (Lipinski definition) is 3. The third-order valence-electron chi connectivity index (χ3n) is 3.03. The molecule has 0 radical (unpaired) electrons. The Hall–Kier alpha value is -1.07. The predicted octanol–water partition coefficient (Wildman–Crippen LogP) is 4.11. The number of aliphatic hydroxyl groups excluding tert-OH is 1. The van der Waals surface area contributed by atoms with Gasteiger partial charge in [-0.25, -0.2) is 4.39 Å². The van der Waals surface area contributed by atoms with E-state index in [4.69, 9.17) is 27.6 Å². The highest BCUT2D eigenvalue weighted by molar-refractivity contribution is 6.35. The van der Waals surface area contributed by atoms with Gasteiger partial charge in [-0.05, 0) is 36.8 Å². The molecule has 2 unspecified atom stereocenters. The predicted molar refractivity (Wildman–Crippen MR) is 76.5 cm³/mol. The molecule has 0 saturated heterocycles. The van der Waals surface area contributed by atoms with E-state index in [1.165, 1.54) is 18.4 Å². The zero-order valence-electron chi connectivity index (χ0n) is 10.7. The van der Waals surface area contributed by atoms with Gasteiger partial charge in [-0.15, -0.1) is 0 Å². The van der Waals surface area contributed by atoms with Crippen LogP contribution in [0.2, 0.25) is 10.0 Å². The summed E-state index contributed by atoms with van der Waals surface area (Å²) in [6.45, 7) is 1.67. The van der Waals surface area contributed by atoms with Crippen molar-refractivity contribution < 1.29 is 13.9 Å². The largest absolute Gasteiger partial charge is 0.468 e. The Labute approximate surface area is 126 Å². The molecule has 0 aliphatic heterocycles. The van der Waals surface area contributed by atoms with Crippen molar-refractivity contribution in [1.82, 2.24) is 5.32 Å². The first-order chi connectivity index (χ1) is 9.52. The van der Waals surface area contributed by atoms with Crippen molar-refractivity contribution >= 4 is 23.2 Å². The summed E-state index contributed by atoms with van der Waals surface area (Å²) in [4.78, 5) is 0. The molecule has 0 amide bonds. The molecule has 20 heavy (non-hydrogen) atoms. The van der Waals surface area contributed by atoms with Gasteiger partial charge in [0.05, 0.1) is 23.9 Å². The van der Waals surface area contributed by atoms with Gasteiger partial charge in [0.15, 0.2) is 0 Å². The minimum atomic E-state index is -0.529. The highest BCUT2D eigenvalue weighted by Gasteiger charge is 2.19. The van der Waals surface area contributed by atoms with Crippen LogP contribution in [-0.2, 0) is 0 Å². The second kappa shape index (κ2) is 6.59. The van der Waals surface area contributed by atoms with Crippen LogP contribution in [0.3, 0.4) is 0 Å². The monoisotopic (exact) mass is 317 g/mol. The number of benzene rings is 1. The van der Waals surface area contributed by atoms with Crippen molar-refractivity contribution in [2.24, 2.45) is 0 Å². The van der Waals surface area contributed by atoms with E-state index >= 15 is 0 Å². The standard InChI is InChI=1S/C14H14Cl2FNO2/c1-8(9-5-12(17)11(16)6-10(9)15)18-13(7-19)14-3-2-4-20-14/h2-6,8,13,18-19H,7H2,1H3. The average molecular weight is 318 g/mol. The molecule has 0 bridgehead atoms. The fraction of sp³-hybridized carbons (Fsp3) is 0.286. The van der Waals surface area contributed by atoms with Gasteiger partial charge in [0.2, 0.25) is 0 Å². The minimum Gasteiger partial charge on any atom is -0.468 e. The van der Waals surface area contributed by atoms with E-state index in [-0.39, 0.29) is 17.7 Å². The summed E-state index contributed by atoms with van der Waals surface area (Å²) in [5.41, 5.74) is 0.568. The Bertz CT molecular complexity index is 575. The molecule has 2 rings (SSSR count). The second-order valence-electron chi connectivity index (χ2n) is 4.43. The molecule has 1 heterocycles. The molecule has 108 valence electrons. The minimum absolute atomic E-state index is 0.0179. The van der Waals surface area contributed by atoms with E-state index < -0.39 is 11.9 Å². The van der Waals surface area contributed by atoms with Crippen LogP contribution < -0.4 is 5.32 Å². The number of hydrogen-bond donors (Lipinski definition) is 2. The smallest absolute Gasteiger partial charge is 0.142 e. The van der Waals surface area contributed by atoms with Crippen LogP contribution in [0.4, 0.5) is 4.39 Å². The van der Waals surface area contributed by atoms with E-state index in [1.807, 2.05) is 6.92 Å². The topological polar surface area (TPSA) is 45.4 Å². The van der Waals surface area contributed by atoms with Crippen LogP contribution in [0, 0.1) is 5.82 Å². The Morgan fingerprint density at radius 1 is 1.35 bits per heavy atom. The molecular weight excluding hydrogens is 304 g/mol. The van der Waals surface area contributed by atoms with Crippen LogP contribution in [-0.4, -0.2) is 11.7 Å². The Morgan fingerprint density at radius 3 is 2.70 bits per heavy atom. The van der Waals surface area contributed by atoms with E-state index in [9.17, 15) is 9.50 Å². The number of aliphatic hydroxyl groups is 1. The molecule has 2 aromatic rings. The molecule has 3 nitrogen and oxygen atoms in total. The van der Waals surface area contributed by atoms with Crippen LogP contribution >= 0.6 is 23.2 Å². The van der Waals surface area contributed by atoms with Gasteiger partial charge in [0.1, 0.15) is 11.6 Å². The van der Waals surface area contributed by atoms with E-state index in [0.717, 1.165) is 0 Å². The lowest BCUT2D eigenvalue weighted by Gasteiger charge is -2.21. The fourth-order valence-corrected chi connectivity index (χ4v) is 2.52. The Kier molecular flexibility index (Phi) is 5.05. The molecule has 0 saturated carbocycles. The zero-order valence-corrected chi connectivity index (χ0v) is 12.2. The van der Waals surface area contributed by atoms with E-state index in [1.54, 1.807) is 12.1 Å². The summed E-state index contributed by atoms with van der Waals surface area (Å²) in [7, 11) is 0. The fourth-order valence-electron chi connectivity index (χ4n) is 1.98. The molecule has 1 aromatic heterocycles. The molecule has 0 fully saturated rings. The van der Waals surface area contributed by atoms with Crippen LogP contribution in [0.1, 0.15) is 30.3 Å². The molecular formula is C14H14Cl2FNO2. The summed E-state index contributed by atoms with van der Waals surface area (Å²) in [6.07, 6.45) is 1.53. The van der Waals surface area contributed by atoms with Gasteiger partial charge in [-0.2, -0.15) is 0 Å². The lowest BCUT2D eigenvalue weighted by atomic mass is 10.1. The quantitative estimate of drug-likeness (QED) is 0.816. The maximum atomic E-state index is 13.5. The SMILES string of the molecule is CC(NC(CO)c1ccco1)c1cc(F)c(Cl)cc1Cl. The van der Waals surface area contributed by atoms with Crippen molar-refractivity contribution in [3.63, 3.8) is 0 Å². The first-order valence-corrected chi connectivity index (χ1v) is 6.83. The van der Waals surface area contributed by atoms with Crippen molar-refractivity contribution in [2.45, 2.75) is 19.0 Å². The van der Waals surface area contributed by atoms with Crippen LogP contribution in [0.25, 0.3) is 0 Å². The highest BCUT2D eigenvalue weighted by atomic mass is 35.5. The first-order valence-electron chi connectivity index (χ1n) is 6.07. The summed E-state index contributed by atoms with van der Waals surface area (Å²) < 4.78 is 18.8. The third kappa shape index (κ3) is 3.33. The van der Waals surface area contributed by atoms with Crippen molar-refractivity contribution in [1.29, 1.82) is 0 Å². The van der Waals surface area contributed by atoms with E-state index in [2.05, 4.69) is 5.32 Å². The van der Waals surface area contributed by atoms with Crippen molar-refractivity contribution in [3.8, 4) is 0 Å². The maximum Gasteiger partial charge on any atom is 0.142 e. The normalized spacial score (nSPS) is 14.2. The average Bonchev–Trinajstić information content (AvgIpc) is 2.93. The zero-order chi connectivity index (χ0) is 14.7. The number of rotatable bonds is 5. The Balaban J connectivity index is 2.19. The molecule has 2 N–H and O–H groups in total. The number of nitrogens with one attached hydrogen (secondary N) is 1. The second-order valence-corrected chi connectivity index (χ2v) is 5.24.